The number of methoxy groups -OCH3 is 1. The molecule has 2 aromatic carbocycles. The topological polar surface area (TPSA) is 87.7 Å². The molecule has 3 rings (SSSR count). The largest absolute Gasteiger partial charge is 0.497 e. The molecule has 0 spiro atoms. The van der Waals surface area contributed by atoms with Crippen LogP contribution in [0.3, 0.4) is 0 Å². The van der Waals surface area contributed by atoms with E-state index >= 15 is 0 Å². The smallest absolute Gasteiger partial charge is 0.257 e. The lowest BCUT2D eigenvalue weighted by Crippen LogP contribution is -2.58. The summed E-state index contributed by atoms with van der Waals surface area (Å²) in [4.78, 5) is 38.6. The summed E-state index contributed by atoms with van der Waals surface area (Å²) in [5, 5.41) is 5.24. The summed E-state index contributed by atoms with van der Waals surface area (Å²) in [5.41, 5.74) is 0.135. The average Bonchev–Trinajstić information content (AvgIpc) is 2.69. The summed E-state index contributed by atoms with van der Waals surface area (Å²) in [5.74, 6) is -3.01. The van der Waals surface area contributed by atoms with E-state index in [4.69, 9.17) is 4.74 Å². The van der Waals surface area contributed by atoms with Gasteiger partial charge in [0.2, 0.25) is 11.8 Å². The Morgan fingerprint density at radius 1 is 1.21 bits per heavy atom. The first-order valence-electron chi connectivity index (χ1n) is 8.86. The maximum absolute atomic E-state index is 14.0. The van der Waals surface area contributed by atoms with Crippen LogP contribution in [-0.2, 0) is 9.59 Å². The Balaban J connectivity index is 1.74. The molecule has 0 aromatic heterocycles. The van der Waals surface area contributed by atoms with E-state index in [1.54, 1.807) is 24.3 Å². The second-order valence-electron chi connectivity index (χ2n) is 6.41. The van der Waals surface area contributed by atoms with Gasteiger partial charge in [0.25, 0.3) is 5.91 Å². The van der Waals surface area contributed by atoms with Crippen molar-refractivity contribution in [2.75, 3.05) is 25.5 Å². The first kappa shape index (κ1) is 20.2. The number of anilines is 1. The second kappa shape index (κ2) is 8.68. The van der Waals surface area contributed by atoms with Crippen molar-refractivity contribution in [3.63, 3.8) is 0 Å². The SMILES string of the molecule is COc1ccc(NC(=O)C[C@@H]2C(=O)NCCN2C(=O)c2ccc(F)cc2F)cc1. The Bertz CT molecular complexity index is 934. The normalized spacial score (nSPS) is 16.2. The third-order valence-electron chi connectivity index (χ3n) is 4.51. The Labute approximate surface area is 165 Å². The summed E-state index contributed by atoms with van der Waals surface area (Å²) in [6.45, 7) is 0.270. The number of ether oxygens (including phenoxy) is 1. The van der Waals surface area contributed by atoms with Crippen LogP contribution in [0.4, 0.5) is 14.5 Å². The van der Waals surface area contributed by atoms with Gasteiger partial charge in [-0.25, -0.2) is 8.78 Å². The van der Waals surface area contributed by atoms with Gasteiger partial charge in [0.05, 0.1) is 19.1 Å². The summed E-state index contributed by atoms with van der Waals surface area (Å²) < 4.78 is 32.2. The molecule has 0 aliphatic carbocycles. The van der Waals surface area contributed by atoms with E-state index in [0.29, 0.717) is 17.5 Å². The van der Waals surface area contributed by atoms with Gasteiger partial charge >= 0.3 is 0 Å². The van der Waals surface area contributed by atoms with E-state index in [9.17, 15) is 23.2 Å². The molecule has 152 valence electrons. The van der Waals surface area contributed by atoms with E-state index in [-0.39, 0.29) is 25.1 Å². The standard InChI is InChI=1S/C20H19F2N3O4/c1-29-14-5-3-13(4-6-14)24-18(26)11-17-19(27)23-8-9-25(17)20(28)15-7-2-12(21)10-16(15)22/h2-7,10,17H,8-9,11H2,1H3,(H,23,27)(H,24,26)/t17-/m1/s1. The lowest BCUT2D eigenvalue weighted by molar-refractivity contribution is -0.131. The number of nitrogens with one attached hydrogen (secondary N) is 2. The van der Waals surface area contributed by atoms with Crippen molar-refractivity contribution in [1.82, 2.24) is 10.2 Å². The van der Waals surface area contributed by atoms with E-state index in [1.807, 2.05) is 0 Å². The van der Waals surface area contributed by atoms with Crippen LogP contribution in [0.1, 0.15) is 16.8 Å². The van der Waals surface area contributed by atoms with Crippen LogP contribution in [-0.4, -0.2) is 48.9 Å². The molecule has 0 unspecified atom stereocenters. The average molecular weight is 403 g/mol. The zero-order chi connectivity index (χ0) is 21.0. The lowest BCUT2D eigenvalue weighted by Gasteiger charge is -2.34. The predicted molar refractivity (Wildman–Crippen MR) is 100 cm³/mol. The van der Waals surface area contributed by atoms with Crippen LogP contribution >= 0.6 is 0 Å². The predicted octanol–water partition coefficient (Wildman–Crippen LogP) is 1.94. The molecule has 2 aromatic rings. The van der Waals surface area contributed by atoms with Gasteiger partial charge in [-0.3, -0.25) is 14.4 Å². The summed E-state index contributed by atoms with van der Waals surface area (Å²) in [6, 6.07) is 8.07. The van der Waals surface area contributed by atoms with Crippen LogP contribution in [0.15, 0.2) is 42.5 Å². The monoisotopic (exact) mass is 403 g/mol. The number of nitrogens with zero attached hydrogens (tertiary/aromatic N) is 1. The maximum Gasteiger partial charge on any atom is 0.257 e. The highest BCUT2D eigenvalue weighted by Gasteiger charge is 2.36. The minimum absolute atomic E-state index is 0.0991. The highest BCUT2D eigenvalue weighted by Crippen LogP contribution is 2.19. The van der Waals surface area contributed by atoms with Gasteiger partial charge in [-0.2, -0.15) is 0 Å². The van der Waals surface area contributed by atoms with Gasteiger partial charge < -0.3 is 20.3 Å². The molecule has 29 heavy (non-hydrogen) atoms. The molecule has 1 saturated heterocycles. The molecule has 0 bridgehead atoms. The zero-order valence-electron chi connectivity index (χ0n) is 15.6. The molecule has 2 N–H and O–H groups in total. The van der Waals surface area contributed by atoms with E-state index < -0.39 is 35.4 Å². The lowest BCUT2D eigenvalue weighted by atomic mass is 10.1. The van der Waals surface area contributed by atoms with Crippen molar-refractivity contribution in [3.05, 3.63) is 59.7 Å². The molecule has 0 radical (unpaired) electrons. The van der Waals surface area contributed by atoms with E-state index in [2.05, 4.69) is 10.6 Å². The molecule has 1 aliphatic heterocycles. The number of piperazine rings is 1. The van der Waals surface area contributed by atoms with Crippen LogP contribution in [0.2, 0.25) is 0 Å². The molecule has 1 heterocycles. The van der Waals surface area contributed by atoms with Gasteiger partial charge in [0.1, 0.15) is 23.4 Å². The Morgan fingerprint density at radius 2 is 1.93 bits per heavy atom. The Hall–Kier alpha value is -3.49. The number of carbonyl (C=O) groups is 3. The molecule has 1 fully saturated rings. The van der Waals surface area contributed by atoms with Gasteiger partial charge in [-0.15, -0.1) is 0 Å². The van der Waals surface area contributed by atoms with Crippen molar-refractivity contribution >= 4 is 23.4 Å². The van der Waals surface area contributed by atoms with Crippen LogP contribution in [0, 0.1) is 11.6 Å². The van der Waals surface area contributed by atoms with Crippen molar-refractivity contribution in [2.45, 2.75) is 12.5 Å². The third kappa shape index (κ3) is 4.68. The van der Waals surface area contributed by atoms with Crippen molar-refractivity contribution in [2.24, 2.45) is 0 Å². The fraction of sp³-hybridized carbons (Fsp3) is 0.250. The molecular formula is C20H19F2N3O4. The number of amides is 3. The summed E-state index contributed by atoms with van der Waals surface area (Å²) >= 11 is 0. The first-order chi connectivity index (χ1) is 13.9. The van der Waals surface area contributed by atoms with Gasteiger partial charge in [-0.1, -0.05) is 0 Å². The minimum Gasteiger partial charge on any atom is -0.497 e. The van der Waals surface area contributed by atoms with E-state index in [0.717, 1.165) is 17.0 Å². The molecule has 0 saturated carbocycles. The zero-order valence-corrected chi connectivity index (χ0v) is 15.6. The number of rotatable bonds is 5. The fourth-order valence-corrected chi connectivity index (χ4v) is 3.04. The van der Waals surface area contributed by atoms with Gasteiger partial charge in [0, 0.05) is 24.8 Å². The molecular weight excluding hydrogens is 384 g/mol. The molecule has 1 aliphatic rings. The van der Waals surface area contributed by atoms with Crippen LogP contribution in [0.5, 0.6) is 5.75 Å². The fourth-order valence-electron chi connectivity index (χ4n) is 3.04. The summed E-state index contributed by atoms with van der Waals surface area (Å²) in [7, 11) is 1.52. The van der Waals surface area contributed by atoms with Crippen LogP contribution < -0.4 is 15.4 Å². The Morgan fingerprint density at radius 3 is 2.59 bits per heavy atom. The minimum atomic E-state index is -1.11. The molecule has 3 amide bonds. The Kier molecular flexibility index (Phi) is 6.06. The van der Waals surface area contributed by atoms with Crippen molar-refractivity contribution in [1.29, 1.82) is 0 Å². The first-order valence-corrected chi connectivity index (χ1v) is 8.86. The van der Waals surface area contributed by atoms with Crippen LogP contribution in [0.25, 0.3) is 0 Å². The van der Waals surface area contributed by atoms with E-state index in [1.165, 1.54) is 7.11 Å². The molecule has 9 heteroatoms. The molecule has 7 nitrogen and oxygen atoms in total. The number of hydrogen-bond acceptors (Lipinski definition) is 4. The highest BCUT2D eigenvalue weighted by atomic mass is 19.1. The number of benzene rings is 2. The number of carbonyl (C=O) groups excluding carboxylic acids is 3. The highest BCUT2D eigenvalue weighted by molar-refractivity contribution is 6.01. The quantitative estimate of drug-likeness (QED) is 0.799. The van der Waals surface area contributed by atoms with Gasteiger partial charge in [0.15, 0.2) is 0 Å². The van der Waals surface area contributed by atoms with Gasteiger partial charge in [-0.05, 0) is 36.4 Å². The number of hydrogen-bond donors (Lipinski definition) is 2. The third-order valence-corrected chi connectivity index (χ3v) is 4.51. The second-order valence-corrected chi connectivity index (χ2v) is 6.41. The number of halogens is 2. The molecule has 1 atom stereocenters. The maximum atomic E-state index is 14.0. The summed E-state index contributed by atoms with van der Waals surface area (Å²) in [6.07, 6.45) is -0.313. The van der Waals surface area contributed by atoms with Crippen molar-refractivity contribution < 1.29 is 27.9 Å². The van der Waals surface area contributed by atoms with Crippen molar-refractivity contribution in [3.8, 4) is 5.75 Å².